The van der Waals surface area contributed by atoms with Crippen LogP contribution in [-0.2, 0) is 23.1 Å². The fourth-order valence-corrected chi connectivity index (χ4v) is 2.20. The van der Waals surface area contributed by atoms with Crippen molar-refractivity contribution in [1.29, 1.82) is 0 Å². The maximum atomic E-state index is 12.5. The Morgan fingerprint density at radius 3 is 2.85 bits per heavy atom. The molecule has 1 atom stereocenters. The van der Waals surface area contributed by atoms with Gasteiger partial charge in [-0.05, 0) is 6.42 Å². The van der Waals surface area contributed by atoms with Crippen molar-refractivity contribution in [2.24, 2.45) is 7.05 Å². The number of nitrogens with zero attached hydrogens (tertiary/aromatic N) is 3. The smallest absolute Gasteiger partial charge is 0.328 e. The van der Waals surface area contributed by atoms with Crippen molar-refractivity contribution in [3.05, 3.63) is 17.5 Å². The first kappa shape index (κ1) is 14.0. The maximum absolute atomic E-state index is 12.5. The average Bonchev–Trinajstić information content (AvgIpc) is 2.78. The fraction of sp³-hybridized carbons (Fsp3) is 0.500. The van der Waals surface area contributed by atoms with E-state index in [1.165, 1.54) is 4.68 Å². The van der Waals surface area contributed by atoms with Crippen LogP contribution in [0.4, 0.5) is 0 Å². The molecule has 0 spiro atoms. The summed E-state index contributed by atoms with van der Waals surface area (Å²) in [6, 6.07) is -1.05. The number of aromatic nitrogens is 2. The van der Waals surface area contributed by atoms with Crippen molar-refractivity contribution < 1.29 is 19.5 Å². The number of hydrogen-bond donors (Lipinski definition) is 2. The molecule has 1 saturated heterocycles. The summed E-state index contributed by atoms with van der Waals surface area (Å²) in [6.07, 6.45) is 2.10. The Morgan fingerprint density at radius 1 is 1.55 bits per heavy atom. The second-order valence-corrected chi connectivity index (χ2v) is 4.61. The van der Waals surface area contributed by atoms with Crippen molar-refractivity contribution in [3.8, 4) is 0 Å². The molecule has 1 unspecified atom stereocenters. The van der Waals surface area contributed by atoms with E-state index in [9.17, 15) is 14.4 Å². The zero-order valence-electron chi connectivity index (χ0n) is 11.3. The predicted molar refractivity (Wildman–Crippen MR) is 68.1 cm³/mol. The van der Waals surface area contributed by atoms with Crippen LogP contribution in [0.15, 0.2) is 6.20 Å². The minimum absolute atomic E-state index is 0.0817. The number of nitrogens with one attached hydrogen (secondary N) is 1. The van der Waals surface area contributed by atoms with E-state index in [1.54, 1.807) is 13.2 Å². The molecule has 8 heteroatoms. The molecule has 108 valence electrons. The van der Waals surface area contributed by atoms with Gasteiger partial charge in [0.1, 0.15) is 12.6 Å². The van der Waals surface area contributed by atoms with Crippen LogP contribution in [0.2, 0.25) is 0 Å². The molecular formula is C12H16N4O4. The Balaban J connectivity index is 2.33. The predicted octanol–water partition coefficient (Wildman–Crippen LogP) is -0.992. The van der Waals surface area contributed by atoms with Gasteiger partial charge < -0.3 is 15.3 Å². The summed E-state index contributed by atoms with van der Waals surface area (Å²) < 4.78 is 1.51. The summed E-state index contributed by atoms with van der Waals surface area (Å²) in [7, 11) is 1.69. The topological polar surface area (TPSA) is 105 Å². The molecule has 1 fully saturated rings. The van der Waals surface area contributed by atoms with Crippen molar-refractivity contribution >= 4 is 17.8 Å². The van der Waals surface area contributed by atoms with Gasteiger partial charge in [-0.25, -0.2) is 4.79 Å². The largest absolute Gasteiger partial charge is 0.480 e. The van der Waals surface area contributed by atoms with E-state index >= 15 is 0 Å². The van der Waals surface area contributed by atoms with Gasteiger partial charge in [0.15, 0.2) is 0 Å². The number of aryl methyl sites for hydroxylation is 2. The summed E-state index contributed by atoms with van der Waals surface area (Å²) >= 11 is 0. The summed E-state index contributed by atoms with van der Waals surface area (Å²) in [6.45, 7) is 1.52. The highest BCUT2D eigenvalue weighted by molar-refractivity contribution is 6.00. The van der Waals surface area contributed by atoms with Gasteiger partial charge in [-0.2, -0.15) is 5.10 Å². The van der Waals surface area contributed by atoms with E-state index in [4.69, 9.17) is 5.11 Å². The number of carbonyl (C=O) groups is 3. The van der Waals surface area contributed by atoms with Crippen LogP contribution in [0.25, 0.3) is 0 Å². The van der Waals surface area contributed by atoms with Crippen LogP contribution < -0.4 is 5.32 Å². The van der Waals surface area contributed by atoms with Gasteiger partial charge in [-0.15, -0.1) is 0 Å². The van der Waals surface area contributed by atoms with E-state index in [-0.39, 0.29) is 19.0 Å². The van der Waals surface area contributed by atoms with Gasteiger partial charge in [0, 0.05) is 19.8 Å². The minimum atomic E-state index is -1.14. The number of rotatable bonds is 3. The summed E-state index contributed by atoms with van der Waals surface area (Å²) in [5, 5.41) is 15.8. The molecule has 1 aromatic rings. The SMILES string of the molecule is CCc1nn(C)cc1C(=O)N1CC(=O)NCC1C(=O)O. The van der Waals surface area contributed by atoms with E-state index in [0.29, 0.717) is 17.7 Å². The van der Waals surface area contributed by atoms with Gasteiger partial charge in [0.25, 0.3) is 5.91 Å². The lowest BCUT2D eigenvalue weighted by Gasteiger charge is -2.32. The second-order valence-electron chi connectivity index (χ2n) is 4.61. The monoisotopic (exact) mass is 280 g/mol. The van der Waals surface area contributed by atoms with Crippen molar-refractivity contribution in [3.63, 3.8) is 0 Å². The van der Waals surface area contributed by atoms with E-state index in [0.717, 1.165) is 4.90 Å². The lowest BCUT2D eigenvalue weighted by atomic mass is 10.1. The first-order valence-electron chi connectivity index (χ1n) is 6.27. The Morgan fingerprint density at radius 2 is 2.25 bits per heavy atom. The third-order valence-corrected chi connectivity index (χ3v) is 3.20. The molecule has 2 amide bonds. The summed E-state index contributed by atoms with van der Waals surface area (Å²) in [5.41, 5.74) is 0.934. The number of hydrogen-bond acceptors (Lipinski definition) is 4. The third-order valence-electron chi connectivity index (χ3n) is 3.20. The molecule has 20 heavy (non-hydrogen) atoms. The Labute approximate surface area is 115 Å². The van der Waals surface area contributed by atoms with Crippen LogP contribution >= 0.6 is 0 Å². The van der Waals surface area contributed by atoms with Crippen LogP contribution in [0.3, 0.4) is 0 Å². The number of carboxylic acid groups (broad SMARTS) is 1. The van der Waals surface area contributed by atoms with E-state index in [1.807, 2.05) is 6.92 Å². The average molecular weight is 280 g/mol. The van der Waals surface area contributed by atoms with Crippen LogP contribution in [-0.4, -0.2) is 56.7 Å². The fourth-order valence-electron chi connectivity index (χ4n) is 2.20. The van der Waals surface area contributed by atoms with Crippen LogP contribution in [0.5, 0.6) is 0 Å². The zero-order chi connectivity index (χ0) is 14.9. The molecule has 0 aromatic carbocycles. The molecule has 0 bridgehead atoms. The Hall–Kier alpha value is -2.38. The molecule has 8 nitrogen and oxygen atoms in total. The Kier molecular flexibility index (Phi) is 3.73. The normalized spacial score (nSPS) is 18.8. The van der Waals surface area contributed by atoms with E-state index < -0.39 is 17.9 Å². The molecule has 2 N–H and O–H groups in total. The number of amides is 2. The van der Waals surface area contributed by atoms with Crippen LogP contribution in [0.1, 0.15) is 23.0 Å². The number of aliphatic carboxylic acids is 1. The van der Waals surface area contributed by atoms with Crippen molar-refractivity contribution in [2.75, 3.05) is 13.1 Å². The highest BCUT2D eigenvalue weighted by atomic mass is 16.4. The molecule has 2 rings (SSSR count). The zero-order valence-corrected chi connectivity index (χ0v) is 11.3. The lowest BCUT2D eigenvalue weighted by molar-refractivity contribution is -0.144. The molecule has 1 aliphatic rings. The van der Waals surface area contributed by atoms with Gasteiger partial charge in [0.05, 0.1) is 11.3 Å². The molecule has 1 aromatic heterocycles. The van der Waals surface area contributed by atoms with Crippen LogP contribution in [0, 0.1) is 0 Å². The van der Waals surface area contributed by atoms with Gasteiger partial charge in [-0.3, -0.25) is 14.3 Å². The molecule has 1 aliphatic heterocycles. The molecular weight excluding hydrogens is 264 g/mol. The van der Waals surface area contributed by atoms with Gasteiger partial charge >= 0.3 is 5.97 Å². The first-order chi connectivity index (χ1) is 9.43. The number of carbonyl (C=O) groups excluding carboxylic acids is 2. The molecule has 0 aliphatic carbocycles. The number of piperazine rings is 1. The highest BCUT2D eigenvalue weighted by Gasteiger charge is 2.36. The molecule has 0 radical (unpaired) electrons. The minimum Gasteiger partial charge on any atom is -0.480 e. The molecule has 2 heterocycles. The highest BCUT2D eigenvalue weighted by Crippen LogP contribution is 2.15. The standard InChI is InChI=1S/C12H16N4O4/c1-3-8-7(5-15(2)14-8)11(18)16-6-10(17)13-4-9(16)12(19)20/h5,9H,3-4,6H2,1-2H3,(H,13,17)(H,19,20). The summed E-state index contributed by atoms with van der Waals surface area (Å²) in [4.78, 5) is 36.2. The maximum Gasteiger partial charge on any atom is 0.328 e. The summed E-state index contributed by atoms with van der Waals surface area (Å²) in [5.74, 6) is -1.98. The Bertz CT molecular complexity index is 566. The second kappa shape index (κ2) is 5.32. The quantitative estimate of drug-likeness (QED) is 0.739. The molecule has 0 saturated carbocycles. The lowest BCUT2D eigenvalue weighted by Crippen LogP contribution is -2.59. The van der Waals surface area contributed by atoms with Gasteiger partial charge in [-0.1, -0.05) is 6.92 Å². The third kappa shape index (κ3) is 2.49. The van der Waals surface area contributed by atoms with Crippen molar-refractivity contribution in [2.45, 2.75) is 19.4 Å². The first-order valence-corrected chi connectivity index (χ1v) is 6.27. The van der Waals surface area contributed by atoms with E-state index in [2.05, 4.69) is 10.4 Å². The van der Waals surface area contributed by atoms with Gasteiger partial charge in [0.2, 0.25) is 5.91 Å². The van der Waals surface area contributed by atoms with Crippen molar-refractivity contribution in [1.82, 2.24) is 20.0 Å². The number of carboxylic acids is 1.